The van der Waals surface area contributed by atoms with Crippen LogP contribution < -0.4 is 10.5 Å². The van der Waals surface area contributed by atoms with Crippen LogP contribution in [0.25, 0.3) is 0 Å². The number of nitrogens with two attached hydrogens (primary N) is 1. The Morgan fingerprint density at radius 2 is 1.94 bits per heavy atom. The van der Waals surface area contributed by atoms with E-state index in [-0.39, 0.29) is 6.10 Å². The van der Waals surface area contributed by atoms with Crippen LogP contribution in [-0.4, -0.2) is 4.98 Å². The van der Waals surface area contributed by atoms with E-state index in [0.29, 0.717) is 12.4 Å². The summed E-state index contributed by atoms with van der Waals surface area (Å²) in [5.74, 6) is 0.617. The van der Waals surface area contributed by atoms with E-state index in [9.17, 15) is 0 Å². The van der Waals surface area contributed by atoms with Crippen LogP contribution in [0.5, 0.6) is 5.88 Å². The first-order chi connectivity index (χ1) is 8.31. The summed E-state index contributed by atoms with van der Waals surface area (Å²) >= 11 is 0. The first-order valence-electron chi connectivity index (χ1n) is 5.67. The number of pyridine rings is 1. The highest BCUT2D eigenvalue weighted by molar-refractivity contribution is 5.26. The highest BCUT2D eigenvalue weighted by atomic mass is 16.5. The van der Waals surface area contributed by atoms with Crippen LogP contribution in [-0.2, 0) is 6.54 Å². The monoisotopic (exact) mass is 228 g/mol. The molecule has 2 N–H and O–H groups in total. The van der Waals surface area contributed by atoms with Gasteiger partial charge >= 0.3 is 0 Å². The number of benzene rings is 1. The van der Waals surface area contributed by atoms with Crippen LogP contribution in [0.2, 0.25) is 0 Å². The SMILES string of the molecule is CC(Oc1ncccc1CN)c1ccccc1. The highest BCUT2D eigenvalue weighted by Gasteiger charge is 2.09. The zero-order chi connectivity index (χ0) is 12.1. The lowest BCUT2D eigenvalue weighted by molar-refractivity contribution is 0.215. The predicted molar refractivity (Wildman–Crippen MR) is 67.6 cm³/mol. The standard InChI is InChI=1S/C14H16N2O/c1-11(12-6-3-2-4-7-12)17-14-13(10-15)8-5-9-16-14/h2-9,11H,10,15H2,1H3. The number of rotatable bonds is 4. The van der Waals surface area contributed by atoms with Crippen LogP contribution in [0.3, 0.4) is 0 Å². The fourth-order valence-corrected chi connectivity index (χ4v) is 1.65. The summed E-state index contributed by atoms with van der Waals surface area (Å²) in [5, 5.41) is 0. The van der Waals surface area contributed by atoms with Crippen molar-refractivity contribution in [2.75, 3.05) is 0 Å². The molecule has 0 aliphatic heterocycles. The Kier molecular flexibility index (Phi) is 3.73. The molecule has 17 heavy (non-hydrogen) atoms. The minimum absolute atomic E-state index is 0.0311. The van der Waals surface area contributed by atoms with Gasteiger partial charge in [0.25, 0.3) is 0 Å². The molecule has 3 nitrogen and oxygen atoms in total. The zero-order valence-corrected chi connectivity index (χ0v) is 9.84. The van der Waals surface area contributed by atoms with E-state index >= 15 is 0 Å². The van der Waals surface area contributed by atoms with E-state index < -0.39 is 0 Å². The Labute approximate surface area is 101 Å². The molecule has 1 aromatic carbocycles. The van der Waals surface area contributed by atoms with Gasteiger partial charge in [-0.25, -0.2) is 4.98 Å². The molecule has 0 radical (unpaired) electrons. The quantitative estimate of drug-likeness (QED) is 0.875. The lowest BCUT2D eigenvalue weighted by atomic mass is 10.1. The Morgan fingerprint density at radius 3 is 2.65 bits per heavy atom. The fraction of sp³-hybridized carbons (Fsp3) is 0.214. The summed E-state index contributed by atoms with van der Waals surface area (Å²) in [4.78, 5) is 4.21. The Bertz CT molecular complexity index is 471. The van der Waals surface area contributed by atoms with Gasteiger partial charge in [0.2, 0.25) is 5.88 Å². The molecule has 2 rings (SSSR count). The number of hydrogen-bond acceptors (Lipinski definition) is 3. The van der Waals surface area contributed by atoms with Gasteiger partial charge in [0.1, 0.15) is 6.10 Å². The molecule has 3 heteroatoms. The van der Waals surface area contributed by atoms with E-state index in [1.807, 2.05) is 49.4 Å². The van der Waals surface area contributed by atoms with Gasteiger partial charge in [-0.2, -0.15) is 0 Å². The minimum Gasteiger partial charge on any atom is -0.470 e. The van der Waals surface area contributed by atoms with Crippen LogP contribution >= 0.6 is 0 Å². The Morgan fingerprint density at radius 1 is 1.18 bits per heavy atom. The van der Waals surface area contributed by atoms with Crippen molar-refractivity contribution in [2.24, 2.45) is 5.73 Å². The first-order valence-corrected chi connectivity index (χ1v) is 5.67. The highest BCUT2D eigenvalue weighted by Crippen LogP contribution is 2.22. The maximum atomic E-state index is 5.83. The van der Waals surface area contributed by atoms with E-state index in [1.165, 1.54) is 0 Å². The van der Waals surface area contributed by atoms with Crippen LogP contribution in [0.15, 0.2) is 48.7 Å². The normalized spacial score (nSPS) is 12.1. The molecule has 0 aliphatic rings. The van der Waals surface area contributed by atoms with Crippen molar-refractivity contribution in [1.29, 1.82) is 0 Å². The summed E-state index contributed by atoms with van der Waals surface area (Å²) in [7, 11) is 0. The number of aromatic nitrogens is 1. The van der Waals surface area contributed by atoms with E-state index in [4.69, 9.17) is 10.5 Å². The molecule has 1 aromatic heterocycles. The molecule has 0 spiro atoms. The molecule has 88 valence electrons. The van der Waals surface area contributed by atoms with Gasteiger partial charge < -0.3 is 10.5 Å². The van der Waals surface area contributed by atoms with Crippen molar-refractivity contribution in [3.05, 3.63) is 59.8 Å². The molecule has 0 saturated heterocycles. The molecule has 1 unspecified atom stereocenters. The van der Waals surface area contributed by atoms with Gasteiger partial charge in [0.05, 0.1) is 0 Å². The first kappa shape index (κ1) is 11.6. The lowest BCUT2D eigenvalue weighted by Crippen LogP contribution is -2.08. The third-order valence-electron chi connectivity index (χ3n) is 2.63. The molecular weight excluding hydrogens is 212 g/mol. The molecule has 0 bridgehead atoms. The Hall–Kier alpha value is -1.87. The lowest BCUT2D eigenvalue weighted by Gasteiger charge is -2.16. The van der Waals surface area contributed by atoms with E-state index in [0.717, 1.165) is 11.1 Å². The van der Waals surface area contributed by atoms with Gasteiger partial charge in [-0.15, -0.1) is 0 Å². The smallest absolute Gasteiger partial charge is 0.218 e. The fourth-order valence-electron chi connectivity index (χ4n) is 1.65. The van der Waals surface area contributed by atoms with Crippen molar-refractivity contribution >= 4 is 0 Å². The molecule has 0 fully saturated rings. The predicted octanol–water partition coefficient (Wildman–Crippen LogP) is 2.68. The average Bonchev–Trinajstić information content (AvgIpc) is 2.40. The second kappa shape index (κ2) is 5.46. The second-order valence-electron chi connectivity index (χ2n) is 3.84. The summed E-state index contributed by atoms with van der Waals surface area (Å²) < 4.78 is 5.83. The third-order valence-corrected chi connectivity index (χ3v) is 2.63. The third kappa shape index (κ3) is 2.82. The summed E-state index contributed by atoms with van der Waals surface area (Å²) in [6, 6.07) is 13.9. The second-order valence-corrected chi connectivity index (χ2v) is 3.84. The topological polar surface area (TPSA) is 48.1 Å². The van der Waals surface area contributed by atoms with Crippen molar-refractivity contribution in [2.45, 2.75) is 19.6 Å². The molecule has 1 heterocycles. The molecule has 0 amide bonds. The maximum Gasteiger partial charge on any atom is 0.218 e. The van der Waals surface area contributed by atoms with Crippen molar-refractivity contribution in [3.8, 4) is 5.88 Å². The molecular formula is C14H16N2O. The molecule has 1 atom stereocenters. The van der Waals surface area contributed by atoms with Crippen LogP contribution in [0.1, 0.15) is 24.2 Å². The molecule has 2 aromatic rings. The van der Waals surface area contributed by atoms with Gasteiger partial charge in [-0.3, -0.25) is 0 Å². The largest absolute Gasteiger partial charge is 0.470 e. The zero-order valence-electron chi connectivity index (χ0n) is 9.84. The van der Waals surface area contributed by atoms with Gasteiger partial charge in [0.15, 0.2) is 0 Å². The minimum atomic E-state index is -0.0311. The van der Waals surface area contributed by atoms with E-state index in [2.05, 4.69) is 4.98 Å². The number of ether oxygens (including phenoxy) is 1. The number of hydrogen-bond donors (Lipinski definition) is 1. The molecule has 0 aliphatic carbocycles. The average molecular weight is 228 g/mol. The van der Waals surface area contributed by atoms with Crippen molar-refractivity contribution < 1.29 is 4.74 Å². The van der Waals surface area contributed by atoms with Gasteiger partial charge in [-0.05, 0) is 18.6 Å². The summed E-state index contributed by atoms with van der Waals surface area (Å²) in [6.45, 7) is 2.44. The van der Waals surface area contributed by atoms with Gasteiger partial charge in [0, 0.05) is 18.3 Å². The van der Waals surface area contributed by atoms with Gasteiger partial charge in [-0.1, -0.05) is 36.4 Å². The van der Waals surface area contributed by atoms with Crippen LogP contribution in [0, 0.1) is 0 Å². The summed E-state index contributed by atoms with van der Waals surface area (Å²) in [6.07, 6.45) is 1.68. The Balaban J connectivity index is 2.16. The summed E-state index contributed by atoms with van der Waals surface area (Å²) in [5.41, 5.74) is 7.70. The van der Waals surface area contributed by atoms with Crippen LogP contribution in [0.4, 0.5) is 0 Å². The number of nitrogens with zero attached hydrogens (tertiary/aromatic N) is 1. The van der Waals surface area contributed by atoms with E-state index in [1.54, 1.807) is 6.20 Å². The van der Waals surface area contributed by atoms with Crippen molar-refractivity contribution in [1.82, 2.24) is 4.98 Å². The maximum absolute atomic E-state index is 5.83. The molecule has 0 saturated carbocycles. The van der Waals surface area contributed by atoms with Crippen molar-refractivity contribution in [3.63, 3.8) is 0 Å².